The lowest BCUT2D eigenvalue weighted by atomic mass is 9.98. The number of benzene rings is 8. The molecule has 282 valence electrons. The predicted molar refractivity (Wildman–Crippen MR) is 245 cm³/mol. The van der Waals surface area contributed by atoms with Crippen LogP contribution in [0.3, 0.4) is 0 Å². The van der Waals surface area contributed by atoms with E-state index in [2.05, 4.69) is 181 Å². The number of nitrogens with zero attached hydrogens (tertiary/aromatic N) is 2. The molecule has 2 N–H and O–H groups in total. The van der Waals surface area contributed by atoms with Crippen LogP contribution in [0.2, 0.25) is 0 Å². The topological polar surface area (TPSA) is 46.9 Å². The number of phenolic OH excluding ortho intramolecular Hbond substituents is 2. The van der Waals surface area contributed by atoms with E-state index in [4.69, 9.17) is 0 Å². The van der Waals surface area contributed by atoms with E-state index < -0.39 is 0 Å². The maximum absolute atomic E-state index is 9.69. The molecule has 0 saturated heterocycles. The zero-order valence-electron chi connectivity index (χ0n) is 32.6. The van der Waals surface area contributed by atoms with Crippen molar-refractivity contribution in [2.45, 2.75) is 13.8 Å². The molecule has 58 heavy (non-hydrogen) atoms. The SMILES string of the molecule is Cc1cc(-c2ccc(N(c3ccccc3)c3cccc(C=Cc4ccc(O)cc4)c3)c(C)c2)ccc1N(c1ccccc1)c1ccc(C=Cc2ccc(O)cc2)cc1. The molecule has 0 heterocycles. The summed E-state index contributed by atoms with van der Waals surface area (Å²) in [6, 6.07) is 66.1. The minimum Gasteiger partial charge on any atom is -0.508 e. The monoisotopic (exact) mass is 752 g/mol. The smallest absolute Gasteiger partial charge is 0.115 e. The Kier molecular flexibility index (Phi) is 11.0. The van der Waals surface area contributed by atoms with Gasteiger partial charge in [-0.3, -0.25) is 0 Å². The van der Waals surface area contributed by atoms with Crippen LogP contribution >= 0.6 is 0 Å². The third kappa shape index (κ3) is 8.62. The first-order chi connectivity index (χ1) is 28.4. The summed E-state index contributed by atoms with van der Waals surface area (Å²) >= 11 is 0. The molecule has 0 spiro atoms. The molecule has 0 fully saturated rings. The molecule has 0 aliphatic rings. The molecule has 4 heteroatoms. The Hall–Kier alpha value is -7.56. The van der Waals surface area contributed by atoms with E-state index >= 15 is 0 Å². The summed E-state index contributed by atoms with van der Waals surface area (Å²) in [5, 5.41) is 19.3. The van der Waals surface area contributed by atoms with Gasteiger partial charge in [0.25, 0.3) is 0 Å². The summed E-state index contributed by atoms with van der Waals surface area (Å²) in [5.74, 6) is 0.525. The number of rotatable bonds is 11. The molecule has 0 atom stereocenters. The number of phenols is 2. The van der Waals surface area contributed by atoms with Crippen molar-refractivity contribution in [2.75, 3.05) is 9.80 Å². The Labute approximate surface area is 341 Å². The standard InChI is InChI=1S/C54H44N2O2/c1-39-36-45(26-34-53(39)55(47-11-5-3-6-12-47)49-28-20-41(21-29-49)16-17-42-22-30-51(57)31-23-42)46-27-35-54(40(2)37-46)56(48-13-7-4-8-14-48)50-15-9-10-44(38-50)19-18-43-24-32-52(58)33-25-43/h3-38,57-58H,1-2H3. The maximum atomic E-state index is 9.69. The summed E-state index contributed by atoms with van der Waals surface area (Å²) in [4.78, 5) is 4.63. The fourth-order valence-electron chi connectivity index (χ4n) is 7.24. The molecular weight excluding hydrogens is 709 g/mol. The summed E-state index contributed by atoms with van der Waals surface area (Å²) in [5.41, 5.74) is 15.4. The summed E-state index contributed by atoms with van der Waals surface area (Å²) < 4.78 is 0. The fraction of sp³-hybridized carbons (Fsp3) is 0.0370. The van der Waals surface area contributed by atoms with Crippen LogP contribution in [0.4, 0.5) is 34.1 Å². The summed E-state index contributed by atoms with van der Waals surface area (Å²) in [7, 11) is 0. The maximum Gasteiger partial charge on any atom is 0.115 e. The van der Waals surface area contributed by atoms with Crippen molar-refractivity contribution in [3.05, 3.63) is 228 Å². The molecular formula is C54H44N2O2. The Bertz CT molecular complexity index is 2680. The average Bonchev–Trinajstić information content (AvgIpc) is 3.26. The van der Waals surface area contributed by atoms with Gasteiger partial charge in [0.15, 0.2) is 0 Å². The van der Waals surface area contributed by atoms with E-state index in [0.717, 1.165) is 67.5 Å². The van der Waals surface area contributed by atoms with Crippen LogP contribution in [0.1, 0.15) is 33.4 Å². The number of hydrogen-bond donors (Lipinski definition) is 2. The Morgan fingerprint density at radius 3 is 1.16 bits per heavy atom. The molecule has 0 aliphatic heterocycles. The van der Waals surface area contributed by atoms with E-state index in [0.29, 0.717) is 0 Å². The van der Waals surface area contributed by atoms with Crippen molar-refractivity contribution >= 4 is 58.4 Å². The lowest BCUT2D eigenvalue weighted by Gasteiger charge is -2.28. The molecule has 8 rings (SSSR count). The molecule has 0 aliphatic carbocycles. The van der Waals surface area contributed by atoms with E-state index in [1.54, 1.807) is 24.3 Å². The van der Waals surface area contributed by atoms with Gasteiger partial charge in [-0.25, -0.2) is 0 Å². The van der Waals surface area contributed by atoms with Gasteiger partial charge in [-0.2, -0.15) is 0 Å². The first kappa shape index (κ1) is 37.4. The summed E-state index contributed by atoms with van der Waals surface area (Å²) in [6.07, 6.45) is 8.31. The van der Waals surface area contributed by atoms with Crippen molar-refractivity contribution in [1.82, 2.24) is 0 Å². The Morgan fingerprint density at radius 1 is 0.328 bits per heavy atom. The molecule has 0 amide bonds. The molecule has 0 unspecified atom stereocenters. The second kappa shape index (κ2) is 17.1. The van der Waals surface area contributed by atoms with Crippen molar-refractivity contribution in [3.8, 4) is 22.6 Å². The predicted octanol–water partition coefficient (Wildman–Crippen LogP) is 14.7. The van der Waals surface area contributed by atoms with Crippen molar-refractivity contribution in [3.63, 3.8) is 0 Å². The zero-order valence-corrected chi connectivity index (χ0v) is 32.6. The van der Waals surface area contributed by atoms with Crippen molar-refractivity contribution in [2.24, 2.45) is 0 Å². The number of aryl methyl sites for hydroxylation is 2. The highest BCUT2D eigenvalue weighted by atomic mass is 16.3. The van der Waals surface area contributed by atoms with E-state index in [1.807, 2.05) is 36.4 Å². The van der Waals surface area contributed by atoms with Gasteiger partial charge in [0.1, 0.15) is 11.5 Å². The van der Waals surface area contributed by atoms with Gasteiger partial charge in [0.05, 0.1) is 0 Å². The van der Waals surface area contributed by atoms with Gasteiger partial charge in [-0.15, -0.1) is 0 Å². The first-order valence-corrected chi connectivity index (χ1v) is 19.4. The van der Waals surface area contributed by atoms with Gasteiger partial charge in [-0.05, 0) is 155 Å². The average molecular weight is 753 g/mol. The van der Waals surface area contributed by atoms with Crippen molar-refractivity contribution in [1.29, 1.82) is 0 Å². The molecule has 4 nitrogen and oxygen atoms in total. The number of para-hydroxylation sites is 2. The minimum atomic E-state index is 0.260. The normalized spacial score (nSPS) is 11.3. The van der Waals surface area contributed by atoms with Gasteiger partial charge >= 0.3 is 0 Å². The highest BCUT2D eigenvalue weighted by Crippen LogP contribution is 2.41. The Morgan fingerprint density at radius 2 is 0.707 bits per heavy atom. The molecule has 0 aromatic heterocycles. The third-order valence-corrected chi connectivity index (χ3v) is 10.2. The fourth-order valence-corrected chi connectivity index (χ4v) is 7.24. The second-order valence-corrected chi connectivity index (χ2v) is 14.4. The largest absolute Gasteiger partial charge is 0.508 e. The molecule has 0 bridgehead atoms. The molecule has 0 radical (unpaired) electrons. The van der Waals surface area contributed by atoms with Crippen LogP contribution in [0.25, 0.3) is 35.4 Å². The van der Waals surface area contributed by atoms with E-state index in [9.17, 15) is 10.2 Å². The number of hydrogen-bond acceptors (Lipinski definition) is 4. The lowest BCUT2D eigenvalue weighted by Crippen LogP contribution is -2.11. The highest BCUT2D eigenvalue weighted by Gasteiger charge is 2.18. The van der Waals surface area contributed by atoms with E-state index in [1.165, 1.54) is 11.1 Å². The van der Waals surface area contributed by atoms with Crippen LogP contribution < -0.4 is 9.80 Å². The molecule has 0 saturated carbocycles. The van der Waals surface area contributed by atoms with Crippen LogP contribution in [-0.4, -0.2) is 10.2 Å². The number of anilines is 6. The minimum absolute atomic E-state index is 0.260. The van der Waals surface area contributed by atoms with Gasteiger partial charge in [0.2, 0.25) is 0 Å². The Balaban J connectivity index is 1.08. The number of aromatic hydroxyl groups is 2. The third-order valence-electron chi connectivity index (χ3n) is 10.2. The van der Waals surface area contributed by atoms with E-state index in [-0.39, 0.29) is 11.5 Å². The van der Waals surface area contributed by atoms with Crippen LogP contribution in [0.5, 0.6) is 11.5 Å². The highest BCUT2D eigenvalue weighted by molar-refractivity contribution is 5.84. The molecule has 8 aromatic carbocycles. The van der Waals surface area contributed by atoms with Gasteiger partial charge in [-0.1, -0.05) is 121 Å². The quantitative estimate of drug-likeness (QED) is 0.129. The van der Waals surface area contributed by atoms with Crippen LogP contribution in [-0.2, 0) is 0 Å². The second-order valence-electron chi connectivity index (χ2n) is 14.4. The van der Waals surface area contributed by atoms with Crippen LogP contribution in [0.15, 0.2) is 194 Å². The summed E-state index contributed by atoms with van der Waals surface area (Å²) in [6.45, 7) is 4.37. The lowest BCUT2D eigenvalue weighted by molar-refractivity contribution is 0.474. The van der Waals surface area contributed by atoms with Gasteiger partial charge < -0.3 is 20.0 Å². The molecule has 8 aromatic rings. The van der Waals surface area contributed by atoms with Crippen LogP contribution in [0, 0.1) is 13.8 Å². The zero-order chi connectivity index (χ0) is 39.8. The first-order valence-electron chi connectivity index (χ1n) is 19.4. The van der Waals surface area contributed by atoms with Crippen molar-refractivity contribution < 1.29 is 10.2 Å². The van der Waals surface area contributed by atoms with Gasteiger partial charge in [0, 0.05) is 34.1 Å².